The molecule has 1 aromatic heterocycles. The van der Waals surface area contributed by atoms with Gasteiger partial charge in [-0.25, -0.2) is 22.2 Å². The number of para-hydroxylation sites is 2. The maximum absolute atomic E-state index is 15.4. The first-order valence-electron chi connectivity index (χ1n) is 14.9. The summed E-state index contributed by atoms with van der Waals surface area (Å²) in [7, 11) is 0.0586. The molecule has 2 saturated heterocycles. The predicted molar refractivity (Wildman–Crippen MR) is 172 cm³/mol. The number of hydrogen-bond donors (Lipinski definition) is 2. The molecule has 0 amide bonds. The lowest BCUT2D eigenvalue weighted by Gasteiger charge is -2.42. The number of halogens is 2. The molecule has 2 fully saturated rings. The maximum Gasteiger partial charge on any atom is 0.232 e. The molecule has 2 aliphatic heterocycles. The maximum atomic E-state index is 15.4. The summed E-state index contributed by atoms with van der Waals surface area (Å²) in [5.74, 6) is -0.449. The summed E-state index contributed by atoms with van der Waals surface area (Å²) in [4.78, 5) is 16.1. The summed E-state index contributed by atoms with van der Waals surface area (Å²) in [6.45, 7) is 5.97. The van der Waals surface area contributed by atoms with Crippen LogP contribution in [0.3, 0.4) is 0 Å². The number of rotatable bonds is 8. The van der Waals surface area contributed by atoms with E-state index >= 15 is 4.39 Å². The molecule has 44 heavy (non-hydrogen) atoms. The summed E-state index contributed by atoms with van der Waals surface area (Å²) in [5.41, 5.74) is 2.53. The van der Waals surface area contributed by atoms with E-state index in [-0.39, 0.29) is 29.6 Å². The first-order valence-corrected chi connectivity index (χ1v) is 16.7. The van der Waals surface area contributed by atoms with Crippen molar-refractivity contribution in [2.24, 2.45) is 0 Å². The summed E-state index contributed by atoms with van der Waals surface area (Å²) in [6, 6.07) is 12.3. The number of nitrogens with zero attached hydrogens (tertiary/aromatic N) is 6. The van der Waals surface area contributed by atoms with E-state index < -0.39 is 15.9 Å². The number of benzene rings is 2. The van der Waals surface area contributed by atoms with Crippen LogP contribution >= 0.6 is 0 Å². The normalized spacial score (nSPS) is 18.2. The Labute approximate surface area is 257 Å². The highest BCUT2D eigenvalue weighted by Crippen LogP contribution is 2.38. The fraction of sp³-hybridized carbons (Fsp3) is 0.419. The van der Waals surface area contributed by atoms with Gasteiger partial charge in [-0.05, 0) is 56.3 Å². The molecule has 234 valence electrons. The Bertz CT molecular complexity index is 1670. The zero-order valence-electron chi connectivity index (χ0n) is 25.2. The van der Waals surface area contributed by atoms with Crippen molar-refractivity contribution in [1.82, 2.24) is 19.8 Å². The topological polar surface area (TPSA) is 96.9 Å². The molecule has 0 radical (unpaired) electrons. The smallest absolute Gasteiger partial charge is 0.232 e. The summed E-state index contributed by atoms with van der Waals surface area (Å²) in [6.07, 6.45) is 4.82. The molecule has 0 unspecified atom stereocenters. The fourth-order valence-corrected chi connectivity index (χ4v) is 6.65. The van der Waals surface area contributed by atoms with Gasteiger partial charge in [-0.3, -0.25) is 9.21 Å². The molecular weight excluding hydrogens is 586 g/mol. The minimum Gasteiger partial charge on any atom is -0.369 e. The minimum atomic E-state index is -3.55. The largest absolute Gasteiger partial charge is 0.369 e. The Morgan fingerprint density at radius 2 is 1.68 bits per heavy atom. The lowest BCUT2D eigenvalue weighted by atomic mass is 10.0. The van der Waals surface area contributed by atoms with Crippen LogP contribution in [0.15, 0.2) is 48.5 Å². The van der Waals surface area contributed by atoms with Gasteiger partial charge in [0, 0.05) is 64.5 Å². The number of piperidine rings is 1. The highest BCUT2D eigenvalue weighted by Gasteiger charge is 2.28. The lowest BCUT2D eigenvalue weighted by Crippen LogP contribution is -2.52. The van der Waals surface area contributed by atoms with E-state index in [9.17, 15) is 12.8 Å². The van der Waals surface area contributed by atoms with Crippen molar-refractivity contribution in [2.45, 2.75) is 25.3 Å². The van der Waals surface area contributed by atoms with E-state index in [0.29, 0.717) is 34.5 Å². The van der Waals surface area contributed by atoms with Gasteiger partial charge in [0.05, 0.1) is 34.6 Å². The third-order valence-corrected chi connectivity index (χ3v) is 9.95. The first kappa shape index (κ1) is 30.2. The van der Waals surface area contributed by atoms with Gasteiger partial charge in [0.1, 0.15) is 17.5 Å². The van der Waals surface area contributed by atoms with Crippen molar-refractivity contribution < 1.29 is 17.2 Å². The number of allylic oxidation sites excluding steroid dienone is 1. The van der Waals surface area contributed by atoms with Crippen molar-refractivity contribution in [3.05, 3.63) is 65.6 Å². The number of nitrogens with one attached hydrogen (secondary N) is 2. The number of fused-ring (bicyclic) bond motifs is 1. The van der Waals surface area contributed by atoms with E-state index in [1.54, 1.807) is 36.4 Å². The van der Waals surface area contributed by atoms with Gasteiger partial charge in [-0.2, -0.15) is 4.98 Å². The number of sulfonamides is 1. The van der Waals surface area contributed by atoms with Gasteiger partial charge in [-0.1, -0.05) is 12.1 Å². The van der Waals surface area contributed by atoms with Crippen molar-refractivity contribution in [3.63, 3.8) is 0 Å². The molecule has 6 rings (SSSR count). The second-order valence-electron chi connectivity index (χ2n) is 11.7. The third kappa shape index (κ3) is 6.35. The highest BCUT2D eigenvalue weighted by molar-refractivity contribution is 7.92. The summed E-state index contributed by atoms with van der Waals surface area (Å²) >= 11 is 0. The van der Waals surface area contributed by atoms with Crippen LogP contribution in [0.5, 0.6) is 0 Å². The van der Waals surface area contributed by atoms with Gasteiger partial charge < -0.3 is 20.4 Å². The monoisotopic (exact) mass is 624 g/mol. The molecule has 3 heterocycles. The first-order chi connectivity index (χ1) is 21.1. The second kappa shape index (κ2) is 12.3. The van der Waals surface area contributed by atoms with Crippen LogP contribution in [-0.4, -0.2) is 93.8 Å². The Morgan fingerprint density at radius 3 is 2.39 bits per heavy atom. The number of piperazine rings is 1. The quantitative estimate of drug-likeness (QED) is 0.373. The van der Waals surface area contributed by atoms with Gasteiger partial charge in [0.15, 0.2) is 0 Å². The molecule has 10 nitrogen and oxygen atoms in total. The molecule has 3 aromatic rings. The Kier molecular flexibility index (Phi) is 8.44. The van der Waals surface area contributed by atoms with E-state index in [1.807, 2.05) is 0 Å². The highest BCUT2D eigenvalue weighted by atomic mass is 32.2. The van der Waals surface area contributed by atoms with E-state index in [1.165, 1.54) is 19.2 Å². The average Bonchev–Trinajstić information content (AvgIpc) is 3.38. The molecule has 1 aliphatic carbocycles. The molecule has 0 bridgehead atoms. The predicted octanol–water partition coefficient (Wildman–Crippen LogP) is 4.58. The van der Waals surface area contributed by atoms with Gasteiger partial charge in [0.25, 0.3) is 0 Å². The lowest BCUT2D eigenvalue weighted by molar-refractivity contribution is 0.0981. The minimum absolute atomic E-state index is 0.170. The number of anilines is 6. The number of aromatic nitrogens is 2. The third-order valence-electron chi connectivity index (χ3n) is 8.75. The van der Waals surface area contributed by atoms with Gasteiger partial charge in [-0.15, -0.1) is 0 Å². The van der Waals surface area contributed by atoms with Gasteiger partial charge >= 0.3 is 0 Å². The molecule has 2 aromatic carbocycles. The van der Waals surface area contributed by atoms with E-state index in [0.717, 1.165) is 62.7 Å². The Balaban J connectivity index is 1.19. The number of hydrogen-bond acceptors (Lipinski definition) is 9. The average molecular weight is 625 g/mol. The van der Waals surface area contributed by atoms with Gasteiger partial charge in [0.2, 0.25) is 16.0 Å². The van der Waals surface area contributed by atoms with Crippen LogP contribution < -0.4 is 19.8 Å². The molecule has 2 N–H and O–H groups in total. The molecule has 0 spiro atoms. The Hall–Kier alpha value is -3.81. The van der Waals surface area contributed by atoms with Crippen LogP contribution in [0.25, 0.3) is 5.83 Å². The van der Waals surface area contributed by atoms with Crippen LogP contribution in [0.1, 0.15) is 24.1 Å². The van der Waals surface area contributed by atoms with Crippen molar-refractivity contribution >= 4 is 50.4 Å². The molecule has 0 saturated carbocycles. The molecule has 3 aliphatic rings. The molecular formula is C31H38F2N8O2S. The molecule has 13 heteroatoms. The van der Waals surface area contributed by atoms with Crippen LogP contribution in [0.4, 0.5) is 43.3 Å². The zero-order valence-corrected chi connectivity index (χ0v) is 26.0. The molecule has 0 atom stereocenters. The number of likely N-dealkylation sites (N-methyl/N-ethyl adjacent to an activating group) is 1. The van der Waals surface area contributed by atoms with Crippen molar-refractivity contribution in [1.29, 1.82) is 0 Å². The van der Waals surface area contributed by atoms with E-state index in [2.05, 4.69) is 42.3 Å². The van der Waals surface area contributed by atoms with Crippen molar-refractivity contribution in [3.8, 4) is 0 Å². The van der Waals surface area contributed by atoms with Crippen LogP contribution in [0.2, 0.25) is 0 Å². The standard InChI is InChI=1S/C31H38F2N8O2S/c1-38-16-18-40(19-17-38)22-12-14-41(15-13-22)27-11-8-21(20-24(27)33)34-31-36-26-10-9-23(32)29(26)30(37-31)35-25-6-4-5-7-28(25)39(2)44(3,42)43/h4-9,11,20,22H,10,12-19H2,1-3H3,(H2,34,35,36,37). The SMILES string of the molecule is CN1CCN(C2CCN(c3ccc(Nc4nc5c(c(Nc6ccccc6N(C)S(C)(=O)=O)n4)C(F)=CC5)cc3F)CC2)CC1. The van der Waals surface area contributed by atoms with Crippen LogP contribution in [0, 0.1) is 5.82 Å². The zero-order chi connectivity index (χ0) is 31.0. The summed E-state index contributed by atoms with van der Waals surface area (Å²) < 4.78 is 55.9. The fourth-order valence-electron chi connectivity index (χ4n) is 6.13. The van der Waals surface area contributed by atoms with Crippen LogP contribution in [-0.2, 0) is 16.4 Å². The second-order valence-corrected chi connectivity index (χ2v) is 13.7. The van der Waals surface area contributed by atoms with E-state index in [4.69, 9.17) is 0 Å². The van der Waals surface area contributed by atoms with Crippen molar-refractivity contribution in [2.75, 3.05) is 79.5 Å². The Morgan fingerprint density at radius 1 is 0.955 bits per heavy atom. The summed E-state index contributed by atoms with van der Waals surface area (Å²) in [5, 5.41) is 6.19.